The average molecular weight is 296 g/mol. The molecule has 6 heteroatoms. The van der Waals surface area contributed by atoms with Crippen LogP contribution < -0.4 is 0 Å². The number of nitrogens with zero attached hydrogens (tertiary/aromatic N) is 2. The predicted molar refractivity (Wildman–Crippen MR) is 78.0 cm³/mol. The van der Waals surface area contributed by atoms with Crippen LogP contribution >= 0.6 is 11.3 Å². The summed E-state index contributed by atoms with van der Waals surface area (Å²) >= 11 is 1.70. The number of amides is 2. The minimum Gasteiger partial charge on any atom is -0.481 e. The Morgan fingerprint density at radius 2 is 2.15 bits per heavy atom. The largest absolute Gasteiger partial charge is 0.481 e. The number of likely N-dealkylation sites (N-methyl/N-ethyl adjacent to an activating group) is 1. The molecule has 0 aromatic carbocycles. The van der Waals surface area contributed by atoms with Gasteiger partial charge < -0.3 is 14.9 Å². The maximum Gasteiger partial charge on any atom is 0.319 e. The van der Waals surface area contributed by atoms with Gasteiger partial charge in [0.1, 0.15) is 0 Å². The van der Waals surface area contributed by atoms with Gasteiger partial charge in [-0.25, -0.2) is 4.79 Å². The highest BCUT2D eigenvalue weighted by Gasteiger charge is 2.28. The Morgan fingerprint density at radius 3 is 2.70 bits per heavy atom. The lowest BCUT2D eigenvalue weighted by Gasteiger charge is -2.33. The van der Waals surface area contributed by atoms with Crippen molar-refractivity contribution < 1.29 is 14.7 Å². The van der Waals surface area contributed by atoms with Crippen LogP contribution in [0.15, 0.2) is 17.5 Å². The van der Waals surface area contributed by atoms with Crippen LogP contribution in [-0.4, -0.2) is 53.6 Å². The Morgan fingerprint density at radius 1 is 1.45 bits per heavy atom. The lowest BCUT2D eigenvalue weighted by molar-refractivity contribution is -0.143. The van der Waals surface area contributed by atoms with Gasteiger partial charge in [0.2, 0.25) is 0 Å². The molecule has 0 atom stereocenters. The van der Waals surface area contributed by atoms with Gasteiger partial charge in [-0.2, -0.15) is 0 Å². The molecule has 1 fully saturated rings. The van der Waals surface area contributed by atoms with Crippen molar-refractivity contribution >= 4 is 23.3 Å². The first-order valence-electron chi connectivity index (χ1n) is 6.83. The Labute approximate surface area is 122 Å². The van der Waals surface area contributed by atoms with Crippen LogP contribution in [0.3, 0.4) is 0 Å². The second kappa shape index (κ2) is 6.74. The van der Waals surface area contributed by atoms with E-state index in [9.17, 15) is 9.59 Å². The van der Waals surface area contributed by atoms with Crippen molar-refractivity contribution in [2.24, 2.45) is 5.92 Å². The maximum absolute atomic E-state index is 12.2. The molecule has 0 unspecified atom stereocenters. The van der Waals surface area contributed by atoms with Gasteiger partial charge in [-0.15, -0.1) is 11.3 Å². The summed E-state index contributed by atoms with van der Waals surface area (Å²) in [6.45, 7) is 1.77. The molecule has 1 N–H and O–H groups in total. The molecule has 1 aromatic rings. The normalized spacial score (nSPS) is 16.1. The molecule has 2 heterocycles. The molecule has 2 amide bonds. The molecule has 0 saturated carbocycles. The summed E-state index contributed by atoms with van der Waals surface area (Å²) in [5, 5.41) is 11.0. The van der Waals surface area contributed by atoms with E-state index in [-0.39, 0.29) is 11.9 Å². The third-order valence-electron chi connectivity index (χ3n) is 3.71. The van der Waals surface area contributed by atoms with Gasteiger partial charge in [0.15, 0.2) is 0 Å². The number of carboxylic acids is 1. The van der Waals surface area contributed by atoms with Gasteiger partial charge >= 0.3 is 12.0 Å². The van der Waals surface area contributed by atoms with Gasteiger partial charge in [-0.3, -0.25) is 4.79 Å². The van der Waals surface area contributed by atoms with E-state index in [2.05, 4.69) is 6.07 Å². The summed E-state index contributed by atoms with van der Waals surface area (Å²) < 4.78 is 0. The minimum atomic E-state index is -0.747. The van der Waals surface area contributed by atoms with Crippen LogP contribution in [0.1, 0.15) is 17.7 Å². The highest BCUT2D eigenvalue weighted by molar-refractivity contribution is 7.09. The first-order valence-corrected chi connectivity index (χ1v) is 7.71. The average Bonchev–Trinajstić information content (AvgIpc) is 2.97. The van der Waals surface area contributed by atoms with Crippen LogP contribution in [0.25, 0.3) is 0 Å². The first kappa shape index (κ1) is 14.8. The summed E-state index contributed by atoms with van der Waals surface area (Å²) in [6.07, 6.45) is 1.98. The van der Waals surface area contributed by atoms with Gasteiger partial charge in [0.05, 0.1) is 5.92 Å². The highest BCUT2D eigenvalue weighted by Crippen LogP contribution is 2.18. The van der Waals surface area contributed by atoms with E-state index in [4.69, 9.17) is 5.11 Å². The van der Waals surface area contributed by atoms with Crippen molar-refractivity contribution in [3.8, 4) is 0 Å². The molecule has 0 aliphatic carbocycles. The molecular formula is C14H20N2O3S. The predicted octanol–water partition coefficient (Wildman–Crippen LogP) is 2.14. The number of hydrogen-bond acceptors (Lipinski definition) is 3. The number of carbonyl (C=O) groups is 2. The lowest BCUT2D eigenvalue weighted by atomic mass is 9.97. The number of rotatable bonds is 4. The van der Waals surface area contributed by atoms with E-state index in [1.165, 1.54) is 4.88 Å². The number of thiophene rings is 1. The minimum absolute atomic E-state index is 0.00500. The molecule has 1 aliphatic rings. The molecule has 1 aromatic heterocycles. The summed E-state index contributed by atoms with van der Waals surface area (Å²) in [6, 6.07) is 4.09. The van der Waals surface area contributed by atoms with Crippen molar-refractivity contribution in [1.29, 1.82) is 0 Å². The van der Waals surface area contributed by atoms with E-state index in [0.29, 0.717) is 32.5 Å². The molecule has 5 nitrogen and oxygen atoms in total. The molecule has 2 rings (SSSR count). The van der Waals surface area contributed by atoms with Crippen LogP contribution in [0.2, 0.25) is 0 Å². The summed E-state index contributed by atoms with van der Waals surface area (Å²) in [4.78, 5) is 27.9. The smallest absolute Gasteiger partial charge is 0.319 e. The van der Waals surface area contributed by atoms with Crippen molar-refractivity contribution in [2.75, 3.05) is 26.7 Å². The number of aliphatic carboxylic acids is 1. The molecular weight excluding hydrogens is 276 g/mol. The zero-order valence-corrected chi connectivity index (χ0v) is 12.4. The lowest BCUT2D eigenvalue weighted by Crippen LogP contribution is -2.46. The second-order valence-corrected chi connectivity index (χ2v) is 6.17. The van der Waals surface area contributed by atoms with Crippen molar-refractivity contribution in [3.05, 3.63) is 22.4 Å². The number of likely N-dealkylation sites (tertiary alicyclic amines) is 1. The number of piperidine rings is 1. The van der Waals surface area contributed by atoms with Crippen molar-refractivity contribution in [3.63, 3.8) is 0 Å². The van der Waals surface area contributed by atoms with Crippen molar-refractivity contribution in [2.45, 2.75) is 19.3 Å². The molecule has 0 spiro atoms. The fourth-order valence-electron chi connectivity index (χ4n) is 2.39. The standard InChI is InChI=1S/C14H20N2O3S/c1-15(7-6-12-3-2-10-20-12)14(19)16-8-4-11(5-9-16)13(17)18/h2-3,10-11H,4-9H2,1H3,(H,17,18). The quantitative estimate of drug-likeness (QED) is 0.926. The van der Waals surface area contributed by atoms with Gasteiger partial charge in [0, 0.05) is 31.6 Å². The first-order chi connectivity index (χ1) is 9.58. The van der Waals surface area contributed by atoms with E-state index in [1.807, 2.05) is 11.4 Å². The second-order valence-electron chi connectivity index (χ2n) is 5.13. The van der Waals surface area contributed by atoms with Crippen LogP contribution in [0, 0.1) is 5.92 Å². The van der Waals surface area contributed by atoms with Crippen LogP contribution in [0.5, 0.6) is 0 Å². The summed E-state index contributed by atoms with van der Waals surface area (Å²) in [5.41, 5.74) is 0. The molecule has 20 heavy (non-hydrogen) atoms. The van der Waals surface area contributed by atoms with Crippen LogP contribution in [-0.2, 0) is 11.2 Å². The molecule has 0 bridgehead atoms. The number of carboxylic acid groups (broad SMARTS) is 1. The summed E-state index contributed by atoms with van der Waals surface area (Å²) in [5.74, 6) is -1.04. The maximum atomic E-state index is 12.2. The van der Waals surface area contributed by atoms with Crippen molar-refractivity contribution in [1.82, 2.24) is 9.80 Å². The number of urea groups is 1. The molecule has 0 radical (unpaired) electrons. The van der Waals surface area contributed by atoms with E-state index < -0.39 is 5.97 Å². The molecule has 110 valence electrons. The van der Waals surface area contributed by atoms with E-state index >= 15 is 0 Å². The third kappa shape index (κ3) is 3.72. The van der Waals surface area contributed by atoms with Gasteiger partial charge in [-0.05, 0) is 30.7 Å². The Bertz CT molecular complexity index is 453. The van der Waals surface area contributed by atoms with Gasteiger partial charge in [-0.1, -0.05) is 6.07 Å². The Balaban J connectivity index is 1.77. The van der Waals surface area contributed by atoms with Crippen LogP contribution in [0.4, 0.5) is 4.79 Å². The third-order valence-corrected chi connectivity index (χ3v) is 4.65. The summed E-state index contributed by atoms with van der Waals surface area (Å²) in [7, 11) is 1.80. The highest BCUT2D eigenvalue weighted by atomic mass is 32.1. The fourth-order valence-corrected chi connectivity index (χ4v) is 3.09. The SMILES string of the molecule is CN(CCc1cccs1)C(=O)N1CCC(C(=O)O)CC1. The monoisotopic (exact) mass is 296 g/mol. The Hall–Kier alpha value is -1.56. The Kier molecular flexibility index (Phi) is 5.00. The topological polar surface area (TPSA) is 60.9 Å². The zero-order chi connectivity index (χ0) is 14.5. The zero-order valence-electron chi connectivity index (χ0n) is 11.6. The molecule has 1 saturated heterocycles. The van der Waals surface area contributed by atoms with E-state index in [1.54, 1.807) is 28.2 Å². The fraction of sp³-hybridized carbons (Fsp3) is 0.571. The number of hydrogen-bond donors (Lipinski definition) is 1. The van der Waals surface area contributed by atoms with E-state index in [0.717, 1.165) is 6.42 Å². The molecule has 1 aliphatic heterocycles. The van der Waals surface area contributed by atoms with Gasteiger partial charge in [0.25, 0.3) is 0 Å². The number of carbonyl (C=O) groups excluding carboxylic acids is 1.